The Hall–Kier alpha value is -3.56. The summed E-state index contributed by atoms with van der Waals surface area (Å²) in [5.41, 5.74) is 4.95. The van der Waals surface area contributed by atoms with Gasteiger partial charge < -0.3 is 5.11 Å². The average Bonchev–Trinajstić information content (AvgIpc) is 2.50. The van der Waals surface area contributed by atoms with Gasteiger partial charge in [0.15, 0.2) is 5.82 Å². The number of nitrogens with one attached hydrogen (secondary N) is 2. The van der Waals surface area contributed by atoms with Crippen LogP contribution in [-0.2, 0) is 9.59 Å². The van der Waals surface area contributed by atoms with Gasteiger partial charge in [-0.3, -0.25) is 25.8 Å². The summed E-state index contributed by atoms with van der Waals surface area (Å²) in [6.07, 6.45) is 2.69. The molecular formula is C12H9N5O5. The highest BCUT2D eigenvalue weighted by atomic mass is 16.6. The maximum absolute atomic E-state index is 11.4. The maximum atomic E-state index is 11.4. The zero-order valence-electron chi connectivity index (χ0n) is 10.9. The van der Waals surface area contributed by atoms with E-state index >= 15 is 0 Å². The van der Waals surface area contributed by atoms with Gasteiger partial charge in [-0.1, -0.05) is 0 Å². The van der Waals surface area contributed by atoms with Gasteiger partial charge in [-0.25, -0.2) is 14.8 Å². The molecule has 0 aliphatic carbocycles. The highest BCUT2D eigenvalue weighted by Gasteiger charge is 2.10. The van der Waals surface area contributed by atoms with Crippen LogP contribution in [0.4, 0.5) is 11.5 Å². The number of carbonyl (C=O) groups excluding carboxylic acids is 1. The first-order valence-corrected chi connectivity index (χ1v) is 5.83. The first-order chi connectivity index (χ1) is 10.5. The topological polar surface area (TPSA) is 147 Å². The number of rotatable bonds is 5. The minimum atomic E-state index is -1.27. The third kappa shape index (κ3) is 3.50. The van der Waals surface area contributed by atoms with E-state index in [1.807, 2.05) is 0 Å². The minimum absolute atomic E-state index is 0.144. The smallest absolute Gasteiger partial charge is 0.328 e. The molecule has 1 heterocycles. The lowest BCUT2D eigenvalue weighted by Gasteiger charge is -2.08. The molecule has 10 heteroatoms. The zero-order chi connectivity index (χ0) is 16.1. The molecule has 10 nitrogen and oxygen atoms in total. The van der Waals surface area contributed by atoms with Crippen LogP contribution in [0.25, 0.3) is 10.9 Å². The van der Waals surface area contributed by atoms with E-state index in [1.165, 1.54) is 24.5 Å². The fourth-order valence-corrected chi connectivity index (χ4v) is 1.57. The van der Waals surface area contributed by atoms with Crippen molar-refractivity contribution >= 4 is 34.3 Å². The van der Waals surface area contributed by atoms with Crippen molar-refractivity contribution < 1.29 is 19.6 Å². The molecule has 0 saturated heterocycles. The molecule has 0 radical (unpaired) electrons. The second kappa shape index (κ2) is 6.26. The lowest BCUT2D eigenvalue weighted by molar-refractivity contribution is -0.384. The molecule has 2 aromatic rings. The van der Waals surface area contributed by atoms with Crippen LogP contribution in [0.15, 0.2) is 36.7 Å². The number of nitrogens with zero attached hydrogens (tertiary/aromatic N) is 3. The first-order valence-electron chi connectivity index (χ1n) is 5.83. The van der Waals surface area contributed by atoms with Gasteiger partial charge in [0.2, 0.25) is 0 Å². The highest BCUT2D eigenvalue weighted by molar-refractivity contribution is 5.96. The SMILES string of the molecule is O=C(O)C=CC(=O)NNc1ncnc2ccc([N+](=O)[O-])cc12. The van der Waals surface area contributed by atoms with E-state index in [1.54, 1.807) is 0 Å². The largest absolute Gasteiger partial charge is 0.478 e. The number of hydrogen-bond acceptors (Lipinski definition) is 7. The number of hydrogen-bond donors (Lipinski definition) is 3. The lowest BCUT2D eigenvalue weighted by atomic mass is 10.2. The monoisotopic (exact) mass is 303 g/mol. The normalized spacial score (nSPS) is 10.5. The van der Waals surface area contributed by atoms with Gasteiger partial charge in [-0.05, 0) is 6.07 Å². The van der Waals surface area contributed by atoms with E-state index in [4.69, 9.17) is 5.11 Å². The molecule has 0 fully saturated rings. The molecular weight excluding hydrogens is 294 g/mol. The van der Waals surface area contributed by atoms with Crippen LogP contribution in [0.3, 0.4) is 0 Å². The van der Waals surface area contributed by atoms with Gasteiger partial charge >= 0.3 is 5.97 Å². The number of nitro benzene ring substituents is 1. The number of aliphatic carboxylic acids is 1. The number of amides is 1. The molecule has 0 aliphatic heterocycles. The van der Waals surface area contributed by atoms with Gasteiger partial charge in [0.05, 0.1) is 15.8 Å². The second-order valence-corrected chi connectivity index (χ2v) is 3.97. The fraction of sp³-hybridized carbons (Fsp3) is 0. The van der Waals surface area contributed by atoms with Crippen molar-refractivity contribution in [2.45, 2.75) is 0 Å². The Labute approximate surface area is 122 Å². The number of nitro groups is 1. The summed E-state index contributed by atoms with van der Waals surface area (Å²) in [6, 6.07) is 4.01. The van der Waals surface area contributed by atoms with Crippen LogP contribution in [0.5, 0.6) is 0 Å². The standard InChI is InChI=1S/C12H9N5O5/c18-10(3-4-11(19)20)15-16-12-8-5-7(17(21)22)1-2-9(8)13-6-14-12/h1-6H,(H,15,18)(H,19,20)(H,13,14,16). The Morgan fingerprint density at radius 1 is 1.27 bits per heavy atom. The summed E-state index contributed by atoms with van der Waals surface area (Å²) in [7, 11) is 0. The number of anilines is 1. The van der Waals surface area contributed by atoms with Crippen molar-refractivity contribution in [3.05, 3.63) is 46.8 Å². The van der Waals surface area contributed by atoms with Gasteiger partial charge in [0.25, 0.3) is 11.6 Å². The van der Waals surface area contributed by atoms with E-state index in [9.17, 15) is 19.7 Å². The zero-order valence-corrected chi connectivity index (χ0v) is 10.9. The first kappa shape index (κ1) is 14.8. The van der Waals surface area contributed by atoms with Crippen molar-refractivity contribution in [2.75, 3.05) is 5.43 Å². The number of non-ortho nitro benzene ring substituents is 1. The minimum Gasteiger partial charge on any atom is -0.478 e. The predicted molar refractivity (Wildman–Crippen MR) is 74.7 cm³/mol. The maximum Gasteiger partial charge on any atom is 0.328 e. The molecule has 22 heavy (non-hydrogen) atoms. The van der Waals surface area contributed by atoms with Crippen molar-refractivity contribution in [3.63, 3.8) is 0 Å². The molecule has 0 saturated carbocycles. The van der Waals surface area contributed by atoms with Crippen molar-refractivity contribution in [1.29, 1.82) is 0 Å². The van der Waals surface area contributed by atoms with Crippen LogP contribution in [-0.4, -0.2) is 31.9 Å². The number of benzene rings is 1. The number of hydrazine groups is 1. The molecule has 0 atom stereocenters. The average molecular weight is 303 g/mol. The van der Waals surface area contributed by atoms with Crippen LogP contribution in [0.1, 0.15) is 0 Å². The lowest BCUT2D eigenvalue weighted by Crippen LogP contribution is -2.28. The molecule has 2 rings (SSSR count). The van der Waals surface area contributed by atoms with E-state index in [0.717, 1.165) is 6.08 Å². The quantitative estimate of drug-likeness (QED) is 0.413. The summed E-state index contributed by atoms with van der Waals surface area (Å²) in [4.78, 5) is 39.7. The van der Waals surface area contributed by atoms with Crippen molar-refractivity contribution in [3.8, 4) is 0 Å². The molecule has 0 unspecified atom stereocenters. The summed E-state index contributed by atoms with van der Waals surface area (Å²) < 4.78 is 0. The Kier molecular flexibility index (Phi) is 4.22. The Morgan fingerprint density at radius 3 is 2.73 bits per heavy atom. The number of carbonyl (C=O) groups is 2. The predicted octanol–water partition coefficient (Wildman–Crippen LogP) is 0.622. The molecule has 3 N–H and O–H groups in total. The molecule has 1 aromatic carbocycles. The van der Waals surface area contributed by atoms with Gasteiger partial charge in [0.1, 0.15) is 6.33 Å². The molecule has 0 aliphatic rings. The number of fused-ring (bicyclic) bond motifs is 1. The molecule has 0 bridgehead atoms. The van der Waals surface area contributed by atoms with E-state index in [-0.39, 0.29) is 11.5 Å². The molecule has 0 spiro atoms. The van der Waals surface area contributed by atoms with Crippen LogP contribution in [0, 0.1) is 10.1 Å². The van der Waals surface area contributed by atoms with Crippen LogP contribution in [0.2, 0.25) is 0 Å². The van der Waals surface area contributed by atoms with E-state index in [2.05, 4.69) is 20.8 Å². The Balaban J connectivity index is 2.23. The number of aromatic nitrogens is 2. The third-order valence-electron chi connectivity index (χ3n) is 2.51. The summed E-state index contributed by atoms with van der Waals surface area (Å²) in [5, 5.41) is 19.5. The van der Waals surface area contributed by atoms with Crippen LogP contribution >= 0.6 is 0 Å². The number of carboxylic acid groups (broad SMARTS) is 1. The third-order valence-corrected chi connectivity index (χ3v) is 2.51. The highest BCUT2D eigenvalue weighted by Crippen LogP contribution is 2.23. The van der Waals surface area contributed by atoms with Crippen molar-refractivity contribution in [1.82, 2.24) is 15.4 Å². The van der Waals surface area contributed by atoms with E-state index in [0.29, 0.717) is 17.0 Å². The summed E-state index contributed by atoms with van der Waals surface area (Å²) in [5.74, 6) is -1.84. The van der Waals surface area contributed by atoms with E-state index < -0.39 is 16.8 Å². The molecule has 1 amide bonds. The summed E-state index contributed by atoms with van der Waals surface area (Å²) in [6.45, 7) is 0. The van der Waals surface area contributed by atoms with Crippen LogP contribution < -0.4 is 10.9 Å². The molecule has 1 aromatic heterocycles. The van der Waals surface area contributed by atoms with Gasteiger partial charge in [-0.15, -0.1) is 0 Å². The van der Waals surface area contributed by atoms with Crippen molar-refractivity contribution in [2.24, 2.45) is 0 Å². The second-order valence-electron chi connectivity index (χ2n) is 3.97. The molecule has 112 valence electrons. The Morgan fingerprint density at radius 2 is 2.05 bits per heavy atom. The van der Waals surface area contributed by atoms with Gasteiger partial charge in [0, 0.05) is 24.3 Å². The Bertz CT molecular complexity index is 789. The van der Waals surface area contributed by atoms with Gasteiger partial charge in [-0.2, -0.15) is 0 Å². The fourth-order valence-electron chi connectivity index (χ4n) is 1.57. The number of carboxylic acids is 1. The summed E-state index contributed by atoms with van der Waals surface area (Å²) >= 11 is 0.